The molecule has 134 valence electrons. The van der Waals surface area contributed by atoms with E-state index in [0.717, 1.165) is 9.21 Å². The van der Waals surface area contributed by atoms with Crippen LogP contribution in [0.25, 0.3) is 0 Å². The van der Waals surface area contributed by atoms with Crippen LogP contribution in [0.2, 0.25) is 0 Å². The van der Waals surface area contributed by atoms with E-state index < -0.39 is 46.4 Å². The Morgan fingerprint density at radius 3 is 2.46 bits per heavy atom. The van der Waals surface area contributed by atoms with Crippen molar-refractivity contribution in [2.45, 2.75) is 11.4 Å². The number of pyridine rings is 1. The minimum atomic E-state index is -4.70. The van der Waals surface area contributed by atoms with Gasteiger partial charge < -0.3 is 10.0 Å². The van der Waals surface area contributed by atoms with Crippen LogP contribution < -0.4 is 4.90 Å². The second-order valence-corrected chi connectivity index (χ2v) is 7.97. The molecule has 1 aromatic heterocycles. The molecule has 11 heteroatoms. The number of nitrogens with zero attached hydrogens (tertiary/aromatic N) is 3. The van der Waals surface area contributed by atoms with Gasteiger partial charge in [-0.05, 0) is 12.1 Å². The highest BCUT2D eigenvalue weighted by Crippen LogP contribution is 2.38. The lowest BCUT2D eigenvalue weighted by Crippen LogP contribution is -2.43. The number of hydrogen-bond acceptors (Lipinski definition) is 5. The van der Waals surface area contributed by atoms with Gasteiger partial charge in [-0.1, -0.05) is 6.07 Å². The smallest absolute Gasteiger partial charge is 0.394 e. The van der Waals surface area contributed by atoms with Crippen LogP contribution >= 0.6 is 0 Å². The molecule has 1 fully saturated rings. The van der Waals surface area contributed by atoms with Crippen molar-refractivity contribution in [3.05, 3.63) is 23.9 Å². The van der Waals surface area contributed by atoms with Gasteiger partial charge in [0.05, 0.1) is 5.92 Å². The topological polar surface area (TPSA) is 90.8 Å². The molecule has 0 aliphatic carbocycles. The standard InChI is InChI=1S/C13H16F3N3O4S/c1-18(2)24(22,23)10-7-19(6-8(10)13(14,15)16)11-5-3-4-9(17-11)12(20)21/h3-5,8,10H,6-7H2,1-2H3,(H,20,21)/t8-,10-/m1/s1. The summed E-state index contributed by atoms with van der Waals surface area (Å²) in [5.74, 6) is -3.40. The summed E-state index contributed by atoms with van der Waals surface area (Å²) in [5, 5.41) is 7.25. The first-order valence-electron chi connectivity index (χ1n) is 6.88. The van der Waals surface area contributed by atoms with Crippen molar-refractivity contribution in [3.8, 4) is 0 Å². The van der Waals surface area contributed by atoms with Gasteiger partial charge >= 0.3 is 12.1 Å². The Balaban J connectivity index is 2.40. The molecule has 24 heavy (non-hydrogen) atoms. The lowest BCUT2D eigenvalue weighted by molar-refractivity contribution is -0.167. The number of carboxylic acids is 1. The van der Waals surface area contributed by atoms with Gasteiger partial charge in [0.1, 0.15) is 11.1 Å². The third-order valence-corrected chi connectivity index (χ3v) is 6.12. The van der Waals surface area contributed by atoms with Crippen LogP contribution in [0.4, 0.5) is 19.0 Å². The van der Waals surface area contributed by atoms with Gasteiger partial charge in [-0.2, -0.15) is 13.2 Å². The molecule has 0 unspecified atom stereocenters. The average molecular weight is 367 g/mol. The highest BCUT2D eigenvalue weighted by atomic mass is 32.2. The van der Waals surface area contributed by atoms with Crippen LogP contribution in [0.3, 0.4) is 0 Å². The van der Waals surface area contributed by atoms with Gasteiger partial charge in [0.2, 0.25) is 10.0 Å². The fourth-order valence-electron chi connectivity index (χ4n) is 2.57. The van der Waals surface area contributed by atoms with Crippen LogP contribution in [0, 0.1) is 5.92 Å². The molecule has 2 heterocycles. The number of carboxylic acid groups (broad SMARTS) is 1. The first-order valence-corrected chi connectivity index (χ1v) is 8.38. The molecule has 0 radical (unpaired) electrons. The number of sulfonamides is 1. The number of alkyl halides is 3. The molecule has 1 aromatic rings. The lowest BCUT2D eigenvalue weighted by Gasteiger charge is -2.23. The summed E-state index contributed by atoms with van der Waals surface area (Å²) in [6.07, 6.45) is -4.70. The van der Waals surface area contributed by atoms with Gasteiger partial charge in [0.15, 0.2) is 5.69 Å². The van der Waals surface area contributed by atoms with Crippen molar-refractivity contribution in [1.82, 2.24) is 9.29 Å². The molecule has 1 aliphatic heterocycles. The summed E-state index contributed by atoms with van der Waals surface area (Å²) in [5.41, 5.74) is -0.324. The van der Waals surface area contributed by atoms with Crippen molar-refractivity contribution < 1.29 is 31.5 Å². The Labute approximate surface area is 136 Å². The van der Waals surface area contributed by atoms with Crippen LogP contribution in [0.5, 0.6) is 0 Å². The van der Waals surface area contributed by atoms with Crippen molar-refractivity contribution in [2.24, 2.45) is 5.92 Å². The monoisotopic (exact) mass is 367 g/mol. The molecule has 7 nitrogen and oxygen atoms in total. The minimum absolute atomic E-state index is 0.000561. The van der Waals surface area contributed by atoms with E-state index in [0.29, 0.717) is 0 Å². The van der Waals surface area contributed by atoms with E-state index in [2.05, 4.69) is 4.98 Å². The SMILES string of the molecule is CN(C)S(=O)(=O)[C@@H]1CN(c2cccc(C(=O)O)n2)C[C@H]1C(F)(F)F. The third kappa shape index (κ3) is 3.46. The largest absolute Gasteiger partial charge is 0.477 e. The van der Waals surface area contributed by atoms with E-state index in [1.54, 1.807) is 0 Å². The Morgan fingerprint density at radius 1 is 1.33 bits per heavy atom. The summed E-state index contributed by atoms with van der Waals surface area (Å²) in [7, 11) is -1.80. The second kappa shape index (κ2) is 6.20. The highest BCUT2D eigenvalue weighted by molar-refractivity contribution is 7.89. The molecule has 1 aliphatic rings. The quantitative estimate of drug-likeness (QED) is 0.855. The predicted molar refractivity (Wildman–Crippen MR) is 79.3 cm³/mol. The maximum atomic E-state index is 13.3. The Hall–Kier alpha value is -1.88. The molecule has 1 N–H and O–H groups in total. The van der Waals surface area contributed by atoms with E-state index in [9.17, 15) is 26.4 Å². The molecular formula is C13H16F3N3O4S. The Kier molecular flexibility index (Phi) is 4.77. The molecule has 0 saturated carbocycles. The maximum absolute atomic E-state index is 13.3. The maximum Gasteiger partial charge on any atom is 0.394 e. The van der Waals surface area contributed by atoms with E-state index in [1.165, 1.54) is 32.3 Å². The number of rotatable bonds is 4. The van der Waals surface area contributed by atoms with Crippen LogP contribution in [0.1, 0.15) is 10.5 Å². The fraction of sp³-hybridized carbons (Fsp3) is 0.538. The summed E-state index contributed by atoms with van der Waals surface area (Å²) in [6.45, 7) is -1.02. The van der Waals surface area contributed by atoms with E-state index in [4.69, 9.17) is 5.11 Å². The fourth-order valence-corrected chi connectivity index (χ4v) is 4.13. The zero-order valence-electron chi connectivity index (χ0n) is 12.9. The highest BCUT2D eigenvalue weighted by Gasteiger charge is 2.55. The first kappa shape index (κ1) is 18.5. The number of anilines is 1. The summed E-state index contributed by atoms with van der Waals surface area (Å²) in [4.78, 5) is 15.9. The van der Waals surface area contributed by atoms with E-state index in [1.807, 2.05) is 0 Å². The van der Waals surface area contributed by atoms with Crippen LogP contribution in [-0.2, 0) is 10.0 Å². The lowest BCUT2D eigenvalue weighted by atomic mass is 10.1. The summed E-state index contributed by atoms with van der Waals surface area (Å²) < 4.78 is 65.0. The average Bonchev–Trinajstić information content (AvgIpc) is 2.93. The van der Waals surface area contributed by atoms with Gasteiger partial charge in [0, 0.05) is 27.2 Å². The van der Waals surface area contributed by atoms with Crippen molar-refractivity contribution in [1.29, 1.82) is 0 Å². The van der Waals surface area contributed by atoms with Gasteiger partial charge in [-0.15, -0.1) is 0 Å². The molecule has 2 rings (SSSR count). The normalized spacial score (nSPS) is 22.2. The summed E-state index contributed by atoms with van der Waals surface area (Å²) >= 11 is 0. The Morgan fingerprint density at radius 2 is 1.96 bits per heavy atom. The minimum Gasteiger partial charge on any atom is -0.477 e. The summed E-state index contributed by atoms with van der Waals surface area (Å²) in [6, 6.07) is 3.91. The second-order valence-electron chi connectivity index (χ2n) is 5.61. The Bertz CT molecular complexity index is 736. The molecule has 0 spiro atoms. The van der Waals surface area contributed by atoms with E-state index >= 15 is 0 Å². The number of aromatic carboxylic acids is 1. The molecular weight excluding hydrogens is 351 g/mol. The molecule has 1 saturated heterocycles. The molecule has 0 bridgehead atoms. The molecule has 0 amide bonds. The van der Waals surface area contributed by atoms with Crippen molar-refractivity contribution in [3.63, 3.8) is 0 Å². The third-order valence-electron chi connectivity index (χ3n) is 3.86. The van der Waals surface area contributed by atoms with Gasteiger partial charge in [-0.3, -0.25) is 0 Å². The first-order chi connectivity index (χ1) is 10.9. The zero-order valence-corrected chi connectivity index (χ0v) is 13.7. The van der Waals surface area contributed by atoms with Gasteiger partial charge in [0.25, 0.3) is 0 Å². The predicted octanol–water partition coefficient (Wildman–Crippen LogP) is 1.04. The van der Waals surface area contributed by atoms with Crippen LogP contribution in [0.15, 0.2) is 18.2 Å². The molecule has 2 atom stereocenters. The molecule has 0 aromatic carbocycles. The number of carbonyl (C=O) groups is 1. The number of aromatic nitrogens is 1. The number of hydrogen-bond donors (Lipinski definition) is 1. The van der Waals surface area contributed by atoms with E-state index in [-0.39, 0.29) is 11.5 Å². The van der Waals surface area contributed by atoms with Crippen LogP contribution in [-0.4, -0.2) is 67.4 Å². The van der Waals surface area contributed by atoms with Crippen molar-refractivity contribution in [2.75, 3.05) is 32.1 Å². The number of halogens is 3. The van der Waals surface area contributed by atoms with Gasteiger partial charge in [-0.25, -0.2) is 22.5 Å². The zero-order chi connectivity index (χ0) is 18.3. The van der Waals surface area contributed by atoms with Crippen molar-refractivity contribution >= 4 is 21.8 Å².